The Morgan fingerprint density at radius 2 is 1.93 bits per heavy atom. The van der Waals surface area contributed by atoms with E-state index >= 15 is 0 Å². The number of fused-ring (bicyclic) bond motifs is 1. The van der Waals surface area contributed by atoms with Gasteiger partial charge in [-0.25, -0.2) is 0 Å². The van der Waals surface area contributed by atoms with Gasteiger partial charge in [-0.05, 0) is 30.5 Å². The molecular formula is C12H16O2. The normalized spacial score (nSPS) is 14.1. The molecule has 0 radical (unpaired) electrons. The van der Waals surface area contributed by atoms with Gasteiger partial charge in [0.2, 0.25) is 0 Å². The molecule has 0 aromatic heterocycles. The van der Waals surface area contributed by atoms with Crippen LogP contribution >= 0.6 is 0 Å². The molecule has 0 atom stereocenters. The fraction of sp³-hybridized carbons (Fsp3) is 0.500. The Labute approximate surface area is 84.8 Å². The van der Waals surface area contributed by atoms with Gasteiger partial charge in [-0.1, -0.05) is 19.4 Å². The van der Waals surface area contributed by atoms with E-state index in [1.54, 1.807) is 0 Å². The van der Waals surface area contributed by atoms with Crippen molar-refractivity contribution in [1.29, 1.82) is 0 Å². The van der Waals surface area contributed by atoms with Gasteiger partial charge in [0, 0.05) is 0 Å². The van der Waals surface area contributed by atoms with Crippen LogP contribution in [0.25, 0.3) is 0 Å². The van der Waals surface area contributed by atoms with Crippen LogP contribution in [-0.4, -0.2) is 13.2 Å². The predicted molar refractivity (Wildman–Crippen MR) is 56.0 cm³/mol. The number of hydrogen-bond donors (Lipinski definition) is 0. The van der Waals surface area contributed by atoms with Gasteiger partial charge in [0.25, 0.3) is 0 Å². The van der Waals surface area contributed by atoms with E-state index in [1.807, 2.05) is 6.07 Å². The monoisotopic (exact) mass is 192 g/mol. The first-order chi connectivity index (χ1) is 6.90. The van der Waals surface area contributed by atoms with Gasteiger partial charge in [0.05, 0.1) is 0 Å². The molecule has 76 valence electrons. The smallest absolute Gasteiger partial charge is 0.161 e. The molecule has 2 nitrogen and oxygen atoms in total. The van der Waals surface area contributed by atoms with Crippen molar-refractivity contribution in [1.82, 2.24) is 0 Å². The van der Waals surface area contributed by atoms with Crippen molar-refractivity contribution in [3.63, 3.8) is 0 Å². The first-order valence-electron chi connectivity index (χ1n) is 5.28. The minimum Gasteiger partial charge on any atom is -0.486 e. The molecule has 0 saturated carbocycles. The zero-order valence-electron chi connectivity index (χ0n) is 8.58. The average molecular weight is 192 g/mol. The van der Waals surface area contributed by atoms with Crippen molar-refractivity contribution in [2.75, 3.05) is 13.2 Å². The third-order valence-electron chi connectivity index (χ3n) is 2.43. The largest absolute Gasteiger partial charge is 0.486 e. The Bertz CT molecular complexity index is 307. The van der Waals surface area contributed by atoms with Crippen LogP contribution in [0.15, 0.2) is 18.2 Å². The summed E-state index contributed by atoms with van der Waals surface area (Å²) >= 11 is 0. The summed E-state index contributed by atoms with van der Waals surface area (Å²) in [5.41, 5.74) is 1.34. The standard InChI is InChI=1S/C12H16O2/c1-2-3-4-10-5-6-11-12(9-10)14-8-7-13-11/h5-6,9H,2-4,7-8H2,1H3. The minimum absolute atomic E-state index is 0.668. The summed E-state index contributed by atoms with van der Waals surface area (Å²) in [6, 6.07) is 6.24. The number of hydrogen-bond acceptors (Lipinski definition) is 2. The molecule has 0 amide bonds. The Kier molecular flexibility index (Phi) is 2.92. The minimum atomic E-state index is 0.668. The molecule has 0 aliphatic carbocycles. The molecule has 1 aromatic carbocycles. The molecule has 0 spiro atoms. The molecule has 1 aromatic rings. The van der Waals surface area contributed by atoms with Crippen LogP contribution in [0.5, 0.6) is 11.5 Å². The maximum absolute atomic E-state index is 5.52. The average Bonchev–Trinajstić information content (AvgIpc) is 2.26. The van der Waals surface area contributed by atoms with Gasteiger partial charge in [0.15, 0.2) is 11.5 Å². The summed E-state index contributed by atoms with van der Waals surface area (Å²) in [7, 11) is 0. The van der Waals surface area contributed by atoms with Gasteiger partial charge in [0.1, 0.15) is 13.2 Å². The lowest BCUT2D eigenvalue weighted by atomic mass is 10.1. The fourth-order valence-electron chi connectivity index (χ4n) is 1.62. The third-order valence-corrected chi connectivity index (χ3v) is 2.43. The maximum atomic E-state index is 5.52. The zero-order valence-corrected chi connectivity index (χ0v) is 8.58. The summed E-state index contributed by atoms with van der Waals surface area (Å²) in [4.78, 5) is 0. The molecule has 1 aliphatic heterocycles. The maximum Gasteiger partial charge on any atom is 0.161 e. The number of unbranched alkanes of at least 4 members (excludes halogenated alkanes) is 1. The molecule has 2 heteroatoms. The number of ether oxygens (including phenoxy) is 2. The van der Waals surface area contributed by atoms with Crippen molar-refractivity contribution < 1.29 is 9.47 Å². The summed E-state index contributed by atoms with van der Waals surface area (Å²) in [5, 5.41) is 0. The molecule has 1 heterocycles. The summed E-state index contributed by atoms with van der Waals surface area (Å²) in [6.45, 7) is 3.55. The fourth-order valence-corrected chi connectivity index (χ4v) is 1.62. The Morgan fingerprint density at radius 1 is 1.14 bits per heavy atom. The van der Waals surface area contributed by atoms with E-state index in [1.165, 1.54) is 18.4 Å². The van der Waals surface area contributed by atoms with Crippen LogP contribution in [-0.2, 0) is 6.42 Å². The first kappa shape index (κ1) is 9.38. The van der Waals surface area contributed by atoms with Gasteiger partial charge in [-0.3, -0.25) is 0 Å². The zero-order chi connectivity index (χ0) is 9.80. The molecular weight excluding hydrogens is 176 g/mol. The van der Waals surface area contributed by atoms with Crippen molar-refractivity contribution in [2.24, 2.45) is 0 Å². The van der Waals surface area contributed by atoms with Crippen LogP contribution in [0.4, 0.5) is 0 Å². The van der Waals surface area contributed by atoms with Crippen LogP contribution < -0.4 is 9.47 Å². The third kappa shape index (κ3) is 2.00. The molecule has 0 fully saturated rings. The molecule has 0 saturated heterocycles. The first-order valence-corrected chi connectivity index (χ1v) is 5.28. The van der Waals surface area contributed by atoms with Crippen molar-refractivity contribution in [3.05, 3.63) is 23.8 Å². The lowest BCUT2D eigenvalue weighted by Crippen LogP contribution is -2.15. The van der Waals surface area contributed by atoms with E-state index < -0.39 is 0 Å². The molecule has 0 bridgehead atoms. The predicted octanol–water partition coefficient (Wildman–Crippen LogP) is 2.80. The number of rotatable bonds is 3. The Balaban J connectivity index is 2.12. The molecule has 1 aliphatic rings. The van der Waals surface area contributed by atoms with Crippen LogP contribution in [0, 0.1) is 0 Å². The van der Waals surface area contributed by atoms with Crippen molar-refractivity contribution in [2.45, 2.75) is 26.2 Å². The second-order valence-electron chi connectivity index (χ2n) is 3.58. The quantitative estimate of drug-likeness (QED) is 0.733. The van der Waals surface area contributed by atoms with Crippen molar-refractivity contribution >= 4 is 0 Å². The lowest BCUT2D eigenvalue weighted by Gasteiger charge is -2.18. The highest BCUT2D eigenvalue weighted by Crippen LogP contribution is 2.31. The van der Waals surface area contributed by atoms with Crippen LogP contribution in [0.3, 0.4) is 0 Å². The summed E-state index contributed by atoms with van der Waals surface area (Å²) in [5.74, 6) is 1.79. The lowest BCUT2D eigenvalue weighted by molar-refractivity contribution is 0.171. The molecule has 14 heavy (non-hydrogen) atoms. The van der Waals surface area contributed by atoms with Crippen LogP contribution in [0.1, 0.15) is 25.3 Å². The molecule has 0 N–H and O–H groups in total. The van der Waals surface area contributed by atoms with Gasteiger partial charge in [-0.15, -0.1) is 0 Å². The Morgan fingerprint density at radius 3 is 2.71 bits per heavy atom. The highest BCUT2D eigenvalue weighted by atomic mass is 16.6. The second-order valence-corrected chi connectivity index (χ2v) is 3.58. The molecule has 0 unspecified atom stereocenters. The van der Waals surface area contributed by atoms with E-state index in [9.17, 15) is 0 Å². The van der Waals surface area contributed by atoms with Crippen molar-refractivity contribution in [3.8, 4) is 11.5 Å². The number of benzene rings is 1. The van der Waals surface area contributed by atoms with E-state index in [2.05, 4.69) is 19.1 Å². The van der Waals surface area contributed by atoms with E-state index in [0.29, 0.717) is 13.2 Å². The number of aryl methyl sites for hydroxylation is 1. The SMILES string of the molecule is CCCCc1ccc2c(c1)OCCO2. The van der Waals surface area contributed by atoms with Gasteiger partial charge in [-0.2, -0.15) is 0 Å². The van der Waals surface area contributed by atoms with E-state index in [4.69, 9.17) is 9.47 Å². The van der Waals surface area contributed by atoms with E-state index in [0.717, 1.165) is 17.9 Å². The van der Waals surface area contributed by atoms with Gasteiger partial charge < -0.3 is 9.47 Å². The highest BCUT2D eigenvalue weighted by Gasteiger charge is 2.10. The van der Waals surface area contributed by atoms with E-state index in [-0.39, 0.29) is 0 Å². The Hall–Kier alpha value is -1.18. The topological polar surface area (TPSA) is 18.5 Å². The second kappa shape index (κ2) is 4.36. The molecule has 2 rings (SSSR count). The van der Waals surface area contributed by atoms with Crippen LogP contribution in [0.2, 0.25) is 0 Å². The van der Waals surface area contributed by atoms with Gasteiger partial charge >= 0.3 is 0 Å². The summed E-state index contributed by atoms with van der Waals surface area (Å²) < 4.78 is 11.0. The summed E-state index contributed by atoms with van der Waals surface area (Å²) in [6.07, 6.45) is 3.60. The highest BCUT2D eigenvalue weighted by molar-refractivity contribution is 5.43.